The monoisotopic (exact) mass is 300 g/mol. The summed E-state index contributed by atoms with van der Waals surface area (Å²) in [4.78, 5) is 15.8. The number of halogens is 3. The van der Waals surface area contributed by atoms with Crippen molar-refractivity contribution in [2.24, 2.45) is 0 Å². The molecule has 0 fully saturated rings. The number of nitrogens with zero attached hydrogens (tertiary/aromatic N) is 1. The Bertz CT molecular complexity index is 602. The van der Waals surface area contributed by atoms with Gasteiger partial charge in [-0.1, -0.05) is 34.8 Å². The Morgan fingerprint density at radius 1 is 1.17 bits per heavy atom. The standard InChI is InChI=1S/C12H7Cl3N2O/c13-7-3-4-8(9(14)6-7)12(18)17-10-2-1-5-16-11(10)15/h1-6H,(H,17,18). The summed E-state index contributed by atoms with van der Waals surface area (Å²) in [7, 11) is 0. The quantitative estimate of drug-likeness (QED) is 0.841. The molecule has 0 aliphatic heterocycles. The van der Waals surface area contributed by atoms with Crippen molar-refractivity contribution in [2.75, 3.05) is 5.32 Å². The second kappa shape index (κ2) is 5.57. The van der Waals surface area contributed by atoms with Crippen LogP contribution in [0.3, 0.4) is 0 Å². The third-order valence-corrected chi connectivity index (χ3v) is 3.03. The molecule has 3 nitrogen and oxygen atoms in total. The normalized spacial score (nSPS) is 10.2. The van der Waals surface area contributed by atoms with E-state index in [9.17, 15) is 4.79 Å². The van der Waals surface area contributed by atoms with Gasteiger partial charge >= 0.3 is 0 Å². The molecule has 0 unspecified atom stereocenters. The van der Waals surface area contributed by atoms with E-state index < -0.39 is 0 Å². The van der Waals surface area contributed by atoms with Crippen molar-refractivity contribution in [1.82, 2.24) is 4.98 Å². The van der Waals surface area contributed by atoms with Gasteiger partial charge in [-0.15, -0.1) is 0 Å². The average Bonchev–Trinajstić information content (AvgIpc) is 2.32. The molecule has 2 aromatic rings. The Morgan fingerprint density at radius 3 is 2.61 bits per heavy atom. The van der Waals surface area contributed by atoms with Crippen molar-refractivity contribution in [2.45, 2.75) is 0 Å². The second-order valence-corrected chi connectivity index (χ2v) is 4.62. The molecule has 1 aromatic heterocycles. The molecule has 92 valence electrons. The number of benzene rings is 1. The van der Waals surface area contributed by atoms with E-state index in [0.29, 0.717) is 16.3 Å². The fraction of sp³-hybridized carbons (Fsp3) is 0. The van der Waals surface area contributed by atoms with Crippen LogP contribution in [0.2, 0.25) is 15.2 Å². The minimum Gasteiger partial charge on any atom is -0.319 e. The topological polar surface area (TPSA) is 42.0 Å². The van der Waals surface area contributed by atoms with Crippen LogP contribution >= 0.6 is 34.8 Å². The molecule has 0 saturated heterocycles. The van der Waals surface area contributed by atoms with E-state index in [0.717, 1.165) is 0 Å². The Balaban J connectivity index is 2.25. The summed E-state index contributed by atoms with van der Waals surface area (Å²) in [6.07, 6.45) is 1.53. The molecule has 0 aliphatic carbocycles. The molecule has 0 aliphatic rings. The van der Waals surface area contributed by atoms with Crippen molar-refractivity contribution in [3.63, 3.8) is 0 Å². The van der Waals surface area contributed by atoms with Gasteiger partial charge in [0.05, 0.1) is 16.3 Å². The molecular weight excluding hydrogens is 295 g/mol. The first-order valence-electron chi connectivity index (χ1n) is 4.95. The summed E-state index contributed by atoms with van der Waals surface area (Å²) in [6.45, 7) is 0. The van der Waals surface area contributed by atoms with Crippen molar-refractivity contribution in [1.29, 1.82) is 0 Å². The van der Waals surface area contributed by atoms with E-state index in [2.05, 4.69) is 10.3 Å². The lowest BCUT2D eigenvalue weighted by molar-refractivity contribution is 0.102. The van der Waals surface area contributed by atoms with Crippen LogP contribution in [0, 0.1) is 0 Å². The SMILES string of the molecule is O=C(Nc1cccnc1Cl)c1ccc(Cl)cc1Cl. The van der Waals surface area contributed by atoms with Gasteiger partial charge in [-0.05, 0) is 30.3 Å². The third kappa shape index (κ3) is 2.93. The van der Waals surface area contributed by atoms with Gasteiger partial charge in [0.1, 0.15) is 0 Å². The minimum atomic E-state index is -0.369. The Labute approximate surface area is 119 Å². The number of aromatic nitrogens is 1. The average molecular weight is 302 g/mol. The van der Waals surface area contributed by atoms with Crippen LogP contribution in [0.1, 0.15) is 10.4 Å². The minimum absolute atomic E-state index is 0.218. The van der Waals surface area contributed by atoms with E-state index in [4.69, 9.17) is 34.8 Å². The van der Waals surface area contributed by atoms with Crippen molar-refractivity contribution < 1.29 is 4.79 Å². The number of amides is 1. The lowest BCUT2D eigenvalue weighted by Crippen LogP contribution is -2.13. The summed E-state index contributed by atoms with van der Waals surface area (Å²) in [5.41, 5.74) is 0.746. The molecule has 0 bridgehead atoms. The molecule has 1 heterocycles. The number of pyridine rings is 1. The predicted molar refractivity (Wildman–Crippen MR) is 73.7 cm³/mol. The molecule has 0 saturated carbocycles. The van der Waals surface area contributed by atoms with Gasteiger partial charge in [0.25, 0.3) is 5.91 Å². The third-order valence-electron chi connectivity index (χ3n) is 2.18. The van der Waals surface area contributed by atoms with E-state index in [-0.39, 0.29) is 16.1 Å². The van der Waals surface area contributed by atoms with Gasteiger partial charge in [0, 0.05) is 11.2 Å². The fourth-order valence-electron chi connectivity index (χ4n) is 1.34. The van der Waals surface area contributed by atoms with Gasteiger partial charge in [0.2, 0.25) is 0 Å². The zero-order valence-corrected chi connectivity index (χ0v) is 11.2. The maximum atomic E-state index is 12.0. The van der Waals surface area contributed by atoms with Crippen LogP contribution in [0.4, 0.5) is 5.69 Å². The van der Waals surface area contributed by atoms with E-state index in [1.54, 1.807) is 24.3 Å². The summed E-state index contributed by atoms with van der Waals surface area (Å²) in [5.74, 6) is -0.369. The maximum Gasteiger partial charge on any atom is 0.257 e. The van der Waals surface area contributed by atoms with Crippen LogP contribution in [0.25, 0.3) is 0 Å². The zero-order chi connectivity index (χ0) is 13.1. The molecule has 18 heavy (non-hydrogen) atoms. The number of carbonyl (C=O) groups is 1. The molecular formula is C12H7Cl3N2O. The Kier molecular flexibility index (Phi) is 4.07. The molecule has 1 amide bonds. The lowest BCUT2D eigenvalue weighted by Gasteiger charge is -2.07. The number of hydrogen-bond donors (Lipinski definition) is 1. The molecule has 0 atom stereocenters. The van der Waals surface area contributed by atoms with Crippen LogP contribution in [0.5, 0.6) is 0 Å². The highest BCUT2D eigenvalue weighted by molar-refractivity contribution is 6.37. The van der Waals surface area contributed by atoms with Crippen molar-refractivity contribution in [3.8, 4) is 0 Å². The molecule has 1 aromatic carbocycles. The molecule has 2 rings (SSSR count). The highest BCUT2D eigenvalue weighted by atomic mass is 35.5. The van der Waals surface area contributed by atoms with Crippen LogP contribution < -0.4 is 5.32 Å². The maximum absolute atomic E-state index is 12.0. The van der Waals surface area contributed by atoms with Gasteiger partial charge in [0.15, 0.2) is 5.15 Å². The van der Waals surface area contributed by atoms with Crippen molar-refractivity contribution >= 4 is 46.4 Å². The number of carbonyl (C=O) groups excluding carboxylic acids is 1. The zero-order valence-electron chi connectivity index (χ0n) is 8.95. The Hall–Kier alpha value is -1.29. The first-order chi connectivity index (χ1) is 8.58. The van der Waals surface area contributed by atoms with E-state index in [1.165, 1.54) is 12.3 Å². The fourth-order valence-corrected chi connectivity index (χ4v) is 2.00. The molecule has 0 spiro atoms. The second-order valence-electron chi connectivity index (χ2n) is 3.42. The first-order valence-corrected chi connectivity index (χ1v) is 6.08. The first kappa shape index (κ1) is 13.1. The van der Waals surface area contributed by atoms with E-state index in [1.807, 2.05) is 0 Å². The van der Waals surface area contributed by atoms with E-state index >= 15 is 0 Å². The van der Waals surface area contributed by atoms with Crippen LogP contribution in [-0.4, -0.2) is 10.9 Å². The van der Waals surface area contributed by atoms with Gasteiger partial charge in [-0.2, -0.15) is 0 Å². The largest absolute Gasteiger partial charge is 0.319 e. The van der Waals surface area contributed by atoms with Gasteiger partial charge in [-0.25, -0.2) is 4.98 Å². The smallest absolute Gasteiger partial charge is 0.257 e. The molecule has 6 heteroatoms. The summed E-state index contributed by atoms with van der Waals surface area (Å²) >= 11 is 17.5. The highest BCUT2D eigenvalue weighted by Gasteiger charge is 2.12. The number of nitrogens with one attached hydrogen (secondary N) is 1. The van der Waals surface area contributed by atoms with Crippen LogP contribution in [0.15, 0.2) is 36.5 Å². The molecule has 0 radical (unpaired) electrons. The number of hydrogen-bond acceptors (Lipinski definition) is 2. The van der Waals surface area contributed by atoms with Gasteiger partial charge < -0.3 is 5.32 Å². The lowest BCUT2D eigenvalue weighted by atomic mass is 10.2. The molecule has 1 N–H and O–H groups in total. The number of rotatable bonds is 2. The van der Waals surface area contributed by atoms with Gasteiger partial charge in [-0.3, -0.25) is 4.79 Å². The summed E-state index contributed by atoms with van der Waals surface area (Å²) in [6, 6.07) is 7.96. The summed E-state index contributed by atoms with van der Waals surface area (Å²) < 4.78 is 0. The van der Waals surface area contributed by atoms with Crippen LogP contribution in [-0.2, 0) is 0 Å². The predicted octanol–water partition coefficient (Wildman–Crippen LogP) is 4.29. The Morgan fingerprint density at radius 2 is 1.94 bits per heavy atom. The highest BCUT2D eigenvalue weighted by Crippen LogP contribution is 2.23. The summed E-state index contributed by atoms with van der Waals surface area (Å²) in [5, 5.41) is 3.59. The number of anilines is 1. The van der Waals surface area contributed by atoms with Crippen molar-refractivity contribution in [3.05, 3.63) is 57.3 Å².